The molecule has 1 unspecified atom stereocenters. The van der Waals surface area contributed by atoms with Gasteiger partial charge >= 0.3 is 0 Å². The summed E-state index contributed by atoms with van der Waals surface area (Å²) >= 11 is 0. The lowest BCUT2D eigenvalue weighted by Crippen LogP contribution is -2.29. The number of ether oxygens (including phenoxy) is 1. The molecular formula is C12H17F2NO. The van der Waals surface area contributed by atoms with Crippen LogP contribution in [0, 0.1) is 11.6 Å². The van der Waals surface area contributed by atoms with E-state index < -0.39 is 11.6 Å². The zero-order valence-corrected chi connectivity index (χ0v) is 9.59. The molecule has 1 aromatic rings. The maximum absolute atomic E-state index is 12.8. The van der Waals surface area contributed by atoms with Crippen molar-refractivity contribution in [3.8, 4) is 5.75 Å². The van der Waals surface area contributed by atoms with Crippen molar-refractivity contribution in [2.24, 2.45) is 0 Å². The lowest BCUT2D eigenvalue weighted by atomic mass is 10.3. The summed E-state index contributed by atoms with van der Waals surface area (Å²) in [5, 5.41) is 3.17. The first-order chi connectivity index (χ1) is 7.61. The van der Waals surface area contributed by atoms with Gasteiger partial charge < -0.3 is 10.1 Å². The molecule has 90 valence electrons. The van der Waals surface area contributed by atoms with Gasteiger partial charge in [0.25, 0.3) is 0 Å². The number of benzene rings is 1. The van der Waals surface area contributed by atoms with Crippen LogP contribution in [0.15, 0.2) is 18.2 Å². The van der Waals surface area contributed by atoms with Crippen LogP contribution < -0.4 is 10.1 Å². The summed E-state index contributed by atoms with van der Waals surface area (Å²) in [6, 6.07) is 3.19. The van der Waals surface area contributed by atoms with Crippen LogP contribution >= 0.6 is 0 Å². The number of nitrogens with one attached hydrogen (secondary N) is 1. The number of hydrogen-bond acceptors (Lipinski definition) is 2. The third kappa shape index (κ3) is 4.57. The number of hydrogen-bond donors (Lipinski definition) is 1. The minimum Gasteiger partial charge on any atom is -0.489 e. The number of halogens is 2. The van der Waals surface area contributed by atoms with Crippen LogP contribution in [0.5, 0.6) is 5.75 Å². The molecule has 0 fully saturated rings. The van der Waals surface area contributed by atoms with E-state index in [1.165, 1.54) is 12.1 Å². The van der Waals surface area contributed by atoms with Gasteiger partial charge in [0.05, 0.1) is 0 Å². The van der Waals surface area contributed by atoms with Crippen LogP contribution in [0.4, 0.5) is 8.78 Å². The number of rotatable bonds is 6. The van der Waals surface area contributed by atoms with Gasteiger partial charge in [0.15, 0.2) is 0 Å². The van der Waals surface area contributed by atoms with E-state index in [1.54, 1.807) is 0 Å². The summed E-state index contributed by atoms with van der Waals surface area (Å²) < 4.78 is 31.1. The smallest absolute Gasteiger partial charge is 0.129 e. The van der Waals surface area contributed by atoms with Crippen molar-refractivity contribution in [2.75, 3.05) is 13.1 Å². The molecule has 0 bridgehead atoms. The highest BCUT2D eigenvalue weighted by molar-refractivity contribution is 5.24. The Morgan fingerprint density at radius 2 is 1.88 bits per heavy atom. The minimum atomic E-state index is -0.622. The zero-order valence-electron chi connectivity index (χ0n) is 9.59. The summed E-state index contributed by atoms with van der Waals surface area (Å²) in [5.41, 5.74) is 0. The Morgan fingerprint density at radius 1 is 1.25 bits per heavy atom. The highest BCUT2D eigenvalue weighted by atomic mass is 19.1. The zero-order chi connectivity index (χ0) is 12.0. The first-order valence-electron chi connectivity index (χ1n) is 5.45. The van der Waals surface area contributed by atoms with Crippen LogP contribution in [0.1, 0.15) is 20.3 Å². The lowest BCUT2D eigenvalue weighted by molar-refractivity contribution is 0.215. The molecule has 0 saturated carbocycles. The van der Waals surface area contributed by atoms with Gasteiger partial charge in [-0.1, -0.05) is 6.92 Å². The molecule has 0 radical (unpaired) electrons. The van der Waals surface area contributed by atoms with Crippen LogP contribution in [0.2, 0.25) is 0 Å². The van der Waals surface area contributed by atoms with Crippen molar-refractivity contribution in [3.05, 3.63) is 29.8 Å². The standard InChI is InChI=1S/C12H17F2NO/c1-3-4-15-8-9(2)16-12-6-10(13)5-11(14)7-12/h5-7,9,15H,3-4,8H2,1-2H3. The van der Waals surface area contributed by atoms with E-state index in [2.05, 4.69) is 12.2 Å². The van der Waals surface area contributed by atoms with Gasteiger partial charge in [-0.25, -0.2) is 8.78 Å². The van der Waals surface area contributed by atoms with Crippen molar-refractivity contribution >= 4 is 0 Å². The van der Waals surface area contributed by atoms with Gasteiger partial charge in [-0.3, -0.25) is 0 Å². The molecule has 0 aliphatic rings. The fourth-order valence-corrected chi connectivity index (χ4v) is 1.35. The average Bonchev–Trinajstić information content (AvgIpc) is 2.16. The van der Waals surface area contributed by atoms with Crippen LogP contribution in [0.3, 0.4) is 0 Å². The van der Waals surface area contributed by atoms with E-state index >= 15 is 0 Å². The highest BCUT2D eigenvalue weighted by Crippen LogP contribution is 2.16. The molecule has 16 heavy (non-hydrogen) atoms. The predicted molar refractivity (Wildman–Crippen MR) is 59.6 cm³/mol. The molecule has 0 amide bonds. The monoisotopic (exact) mass is 229 g/mol. The first-order valence-corrected chi connectivity index (χ1v) is 5.45. The van der Waals surface area contributed by atoms with Crippen molar-refractivity contribution < 1.29 is 13.5 Å². The molecule has 1 atom stereocenters. The molecular weight excluding hydrogens is 212 g/mol. The summed E-state index contributed by atoms with van der Waals surface area (Å²) in [7, 11) is 0. The average molecular weight is 229 g/mol. The van der Waals surface area contributed by atoms with E-state index in [4.69, 9.17) is 4.74 Å². The Morgan fingerprint density at radius 3 is 2.44 bits per heavy atom. The SMILES string of the molecule is CCCNCC(C)Oc1cc(F)cc(F)c1. The van der Waals surface area contributed by atoms with Crippen LogP contribution in [-0.2, 0) is 0 Å². The van der Waals surface area contributed by atoms with E-state index in [0.29, 0.717) is 6.54 Å². The van der Waals surface area contributed by atoms with Crippen molar-refractivity contribution in [1.29, 1.82) is 0 Å². The quantitative estimate of drug-likeness (QED) is 0.757. The molecule has 1 aromatic carbocycles. The predicted octanol–water partition coefficient (Wildman–Crippen LogP) is 2.73. The van der Waals surface area contributed by atoms with Gasteiger partial charge in [-0.05, 0) is 19.9 Å². The minimum absolute atomic E-state index is 0.118. The van der Waals surface area contributed by atoms with Crippen molar-refractivity contribution in [1.82, 2.24) is 5.32 Å². The molecule has 1 rings (SSSR count). The van der Waals surface area contributed by atoms with E-state index in [0.717, 1.165) is 19.0 Å². The van der Waals surface area contributed by atoms with E-state index in [1.807, 2.05) is 6.92 Å². The van der Waals surface area contributed by atoms with Crippen LogP contribution in [0.25, 0.3) is 0 Å². The first kappa shape index (κ1) is 12.9. The fraction of sp³-hybridized carbons (Fsp3) is 0.500. The summed E-state index contributed by atoms with van der Waals surface area (Å²) in [4.78, 5) is 0. The summed E-state index contributed by atoms with van der Waals surface area (Å²) in [6.45, 7) is 5.49. The normalized spacial score (nSPS) is 12.5. The second-order valence-electron chi connectivity index (χ2n) is 3.74. The van der Waals surface area contributed by atoms with Gasteiger partial charge in [0, 0.05) is 24.7 Å². The van der Waals surface area contributed by atoms with Gasteiger partial charge in [-0.2, -0.15) is 0 Å². The summed E-state index contributed by atoms with van der Waals surface area (Å²) in [6.07, 6.45) is 0.925. The van der Waals surface area contributed by atoms with Gasteiger partial charge in [0.2, 0.25) is 0 Å². The van der Waals surface area contributed by atoms with Crippen molar-refractivity contribution in [2.45, 2.75) is 26.4 Å². The second-order valence-corrected chi connectivity index (χ2v) is 3.74. The highest BCUT2D eigenvalue weighted by Gasteiger charge is 2.06. The largest absolute Gasteiger partial charge is 0.489 e. The lowest BCUT2D eigenvalue weighted by Gasteiger charge is -2.15. The molecule has 0 aliphatic heterocycles. The van der Waals surface area contributed by atoms with Gasteiger partial charge in [0.1, 0.15) is 23.5 Å². The Labute approximate surface area is 94.6 Å². The second kappa shape index (κ2) is 6.43. The van der Waals surface area contributed by atoms with Gasteiger partial charge in [-0.15, -0.1) is 0 Å². The van der Waals surface area contributed by atoms with E-state index in [-0.39, 0.29) is 11.9 Å². The Bertz CT molecular complexity index is 311. The molecule has 0 spiro atoms. The third-order valence-corrected chi connectivity index (χ3v) is 2.03. The Kier molecular flexibility index (Phi) is 5.19. The van der Waals surface area contributed by atoms with E-state index in [9.17, 15) is 8.78 Å². The maximum Gasteiger partial charge on any atom is 0.129 e. The van der Waals surface area contributed by atoms with Crippen LogP contribution in [-0.4, -0.2) is 19.2 Å². The fourth-order valence-electron chi connectivity index (χ4n) is 1.35. The van der Waals surface area contributed by atoms with Crippen molar-refractivity contribution in [3.63, 3.8) is 0 Å². The third-order valence-electron chi connectivity index (χ3n) is 2.03. The molecule has 0 heterocycles. The molecule has 1 N–H and O–H groups in total. The Hall–Kier alpha value is -1.16. The maximum atomic E-state index is 12.8. The Balaban J connectivity index is 2.45. The molecule has 2 nitrogen and oxygen atoms in total. The molecule has 4 heteroatoms. The summed E-state index contributed by atoms with van der Waals surface area (Å²) in [5.74, 6) is -1.02. The molecule has 0 aromatic heterocycles. The molecule has 0 saturated heterocycles. The topological polar surface area (TPSA) is 21.3 Å². The molecule has 0 aliphatic carbocycles.